The van der Waals surface area contributed by atoms with Crippen LogP contribution in [-0.4, -0.2) is 19.2 Å². The van der Waals surface area contributed by atoms with Crippen LogP contribution in [-0.2, 0) is 0 Å². The average Bonchev–Trinajstić information content (AvgIpc) is 2.89. The van der Waals surface area contributed by atoms with E-state index < -0.39 is 0 Å². The second-order valence-electron chi connectivity index (χ2n) is 4.76. The van der Waals surface area contributed by atoms with Crippen LogP contribution in [0, 0.1) is 0 Å². The minimum Gasteiger partial charge on any atom is -0.492 e. The Kier molecular flexibility index (Phi) is 3.52. The van der Waals surface area contributed by atoms with Crippen LogP contribution in [0.2, 0.25) is 0 Å². The van der Waals surface area contributed by atoms with Crippen LogP contribution in [0.3, 0.4) is 0 Å². The molecule has 3 heteroatoms. The highest BCUT2D eigenvalue weighted by Crippen LogP contribution is 2.24. The molecule has 2 aromatic rings. The SMILES string of the molecule is Brc1ccc2cc(OCC3CCCN3)ccc2c1. The molecule has 0 spiro atoms. The van der Waals surface area contributed by atoms with E-state index in [1.54, 1.807) is 0 Å². The molecule has 1 atom stereocenters. The van der Waals surface area contributed by atoms with E-state index in [0.717, 1.165) is 23.4 Å². The quantitative estimate of drug-likeness (QED) is 0.933. The molecule has 1 N–H and O–H groups in total. The summed E-state index contributed by atoms with van der Waals surface area (Å²) in [6.07, 6.45) is 2.49. The number of benzene rings is 2. The highest BCUT2D eigenvalue weighted by molar-refractivity contribution is 9.10. The normalized spacial score (nSPS) is 19.3. The number of halogens is 1. The Balaban J connectivity index is 1.74. The third-order valence-corrected chi connectivity index (χ3v) is 3.88. The first-order valence-corrected chi connectivity index (χ1v) is 7.16. The van der Waals surface area contributed by atoms with E-state index in [2.05, 4.69) is 51.6 Å². The Morgan fingerprint density at radius 2 is 2.00 bits per heavy atom. The Morgan fingerprint density at radius 1 is 1.17 bits per heavy atom. The van der Waals surface area contributed by atoms with Gasteiger partial charge >= 0.3 is 0 Å². The van der Waals surface area contributed by atoms with Crippen LogP contribution in [0.5, 0.6) is 5.75 Å². The van der Waals surface area contributed by atoms with Gasteiger partial charge in [-0.25, -0.2) is 0 Å². The summed E-state index contributed by atoms with van der Waals surface area (Å²) in [4.78, 5) is 0. The van der Waals surface area contributed by atoms with Crippen molar-refractivity contribution in [2.24, 2.45) is 0 Å². The van der Waals surface area contributed by atoms with Crippen molar-refractivity contribution in [1.82, 2.24) is 5.32 Å². The number of ether oxygens (including phenoxy) is 1. The van der Waals surface area contributed by atoms with Gasteiger partial charge in [0.2, 0.25) is 0 Å². The van der Waals surface area contributed by atoms with E-state index >= 15 is 0 Å². The maximum atomic E-state index is 5.85. The van der Waals surface area contributed by atoms with Crippen LogP contribution in [0.1, 0.15) is 12.8 Å². The van der Waals surface area contributed by atoms with Gasteiger partial charge in [0.1, 0.15) is 12.4 Å². The third-order valence-electron chi connectivity index (χ3n) is 3.39. The van der Waals surface area contributed by atoms with E-state index in [9.17, 15) is 0 Å². The molecule has 0 radical (unpaired) electrons. The monoisotopic (exact) mass is 305 g/mol. The molecular formula is C15H16BrNO. The summed E-state index contributed by atoms with van der Waals surface area (Å²) < 4.78 is 6.96. The first kappa shape index (κ1) is 12.0. The lowest BCUT2D eigenvalue weighted by molar-refractivity contribution is 0.277. The van der Waals surface area contributed by atoms with Crippen molar-refractivity contribution in [3.05, 3.63) is 40.9 Å². The van der Waals surface area contributed by atoms with Gasteiger partial charge in [-0.3, -0.25) is 0 Å². The van der Waals surface area contributed by atoms with E-state index in [1.165, 1.54) is 23.6 Å². The van der Waals surface area contributed by atoms with Crippen molar-refractivity contribution >= 4 is 26.7 Å². The largest absolute Gasteiger partial charge is 0.492 e. The second-order valence-corrected chi connectivity index (χ2v) is 5.67. The fourth-order valence-corrected chi connectivity index (χ4v) is 2.76. The summed E-state index contributed by atoms with van der Waals surface area (Å²) in [5.74, 6) is 0.957. The third kappa shape index (κ3) is 2.68. The second kappa shape index (κ2) is 5.29. The zero-order valence-corrected chi connectivity index (χ0v) is 11.7. The van der Waals surface area contributed by atoms with Gasteiger partial charge in [-0.05, 0) is 54.4 Å². The van der Waals surface area contributed by atoms with Crippen LogP contribution < -0.4 is 10.1 Å². The number of nitrogens with one attached hydrogen (secondary N) is 1. The topological polar surface area (TPSA) is 21.3 Å². The molecular weight excluding hydrogens is 290 g/mol. The Bertz CT molecular complexity index is 549. The van der Waals surface area contributed by atoms with Crippen molar-refractivity contribution < 1.29 is 4.74 Å². The minimum absolute atomic E-state index is 0.519. The Hall–Kier alpha value is -1.06. The maximum absolute atomic E-state index is 5.85. The molecule has 18 heavy (non-hydrogen) atoms. The predicted molar refractivity (Wildman–Crippen MR) is 78.2 cm³/mol. The smallest absolute Gasteiger partial charge is 0.120 e. The summed E-state index contributed by atoms with van der Waals surface area (Å²) in [7, 11) is 0. The molecule has 1 aliphatic rings. The van der Waals surface area contributed by atoms with Crippen LogP contribution in [0.4, 0.5) is 0 Å². The fourth-order valence-electron chi connectivity index (χ4n) is 2.38. The number of fused-ring (bicyclic) bond motifs is 1. The van der Waals surface area contributed by atoms with Crippen LogP contribution >= 0.6 is 15.9 Å². The molecule has 1 fully saturated rings. The number of hydrogen-bond donors (Lipinski definition) is 1. The lowest BCUT2D eigenvalue weighted by Crippen LogP contribution is -2.28. The lowest BCUT2D eigenvalue weighted by atomic mass is 10.1. The van der Waals surface area contributed by atoms with E-state index in [-0.39, 0.29) is 0 Å². The highest BCUT2D eigenvalue weighted by Gasteiger charge is 2.14. The van der Waals surface area contributed by atoms with Gasteiger partial charge in [0.15, 0.2) is 0 Å². The molecule has 3 rings (SSSR count). The molecule has 0 aliphatic carbocycles. The number of rotatable bonds is 3. The van der Waals surface area contributed by atoms with Gasteiger partial charge in [0.05, 0.1) is 0 Å². The maximum Gasteiger partial charge on any atom is 0.120 e. The summed E-state index contributed by atoms with van der Waals surface area (Å²) in [6.45, 7) is 1.89. The van der Waals surface area contributed by atoms with Crippen molar-refractivity contribution in [3.63, 3.8) is 0 Å². The van der Waals surface area contributed by atoms with E-state index in [1.807, 2.05) is 6.07 Å². The average molecular weight is 306 g/mol. The molecule has 1 heterocycles. The molecule has 2 nitrogen and oxygen atoms in total. The first-order chi connectivity index (χ1) is 8.81. The molecule has 2 aromatic carbocycles. The summed E-state index contributed by atoms with van der Waals surface area (Å²) >= 11 is 3.49. The van der Waals surface area contributed by atoms with Crippen molar-refractivity contribution in [2.45, 2.75) is 18.9 Å². The molecule has 0 aromatic heterocycles. The number of hydrogen-bond acceptors (Lipinski definition) is 2. The first-order valence-electron chi connectivity index (χ1n) is 6.37. The van der Waals surface area contributed by atoms with Gasteiger partial charge in [0, 0.05) is 10.5 Å². The standard InChI is InChI=1S/C15H16BrNO/c16-13-5-3-12-9-15(6-4-11(12)8-13)18-10-14-2-1-7-17-14/h3-6,8-9,14,17H,1-2,7,10H2. The predicted octanol–water partition coefficient (Wildman–Crippen LogP) is 3.73. The Morgan fingerprint density at radius 3 is 2.83 bits per heavy atom. The van der Waals surface area contributed by atoms with Crippen molar-refractivity contribution in [3.8, 4) is 5.75 Å². The zero-order chi connectivity index (χ0) is 12.4. The molecule has 0 saturated carbocycles. The lowest BCUT2D eigenvalue weighted by Gasteiger charge is -2.12. The van der Waals surface area contributed by atoms with Crippen LogP contribution in [0.25, 0.3) is 10.8 Å². The molecule has 0 amide bonds. The fraction of sp³-hybridized carbons (Fsp3) is 0.333. The van der Waals surface area contributed by atoms with Crippen LogP contribution in [0.15, 0.2) is 40.9 Å². The molecule has 94 valence electrons. The van der Waals surface area contributed by atoms with Gasteiger partial charge in [-0.2, -0.15) is 0 Å². The molecule has 1 saturated heterocycles. The summed E-state index contributed by atoms with van der Waals surface area (Å²) in [6, 6.07) is 13.1. The molecule has 1 unspecified atom stereocenters. The summed E-state index contributed by atoms with van der Waals surface area (Å²) in [5.41, 5.74) is 0. The van der Waals surface area contributed by atoms with Gasteiger partial charge in [0.25, 0.3) is 0 Å². The van der Waals surface area contributed by atoms with E-state index in [4.69, 9.17) is 4.74 Å². The van der Waals surface area contributed by atoms with Gasteiger partial charge in [-0.1, -0.05) is 28.1 Å². The molecule has 0 bridgehead atoms. The van der Waals surface area contributed by atoms with Crippen molar-refractivity contribution in [2.75, 3.05) is 13.2 Å². The Labute approximate surface area is 115 Å². The minimum atomic E-state index is 0.519. The van der Waals surface area contributed by atoms with Crippen molar-refractivity contribution in [1.29, 1.82) is 0 Å². The highest BCUT2D eigenvalue weighted by atomic mass is 79.9. The van der Waals surface area contributed by atoms with Gasteiger partial charge in [-0.15, -0.1) is 0 Å². The zero-order valence-electron chi connectivity index (χ0n) is 10.2. The van der Waals surface area contributed by atoms with E-state index in [0.29, 0.717) is 6.04 Å². The van der Waals surface area contributed by atoms with Gasteiger partial charge < -0.3 is 10.1 Å². The molecule has 1 aliphatic heterocycles. The summed E-state index contributed by atoms with van der Waals surface area (Å²) in [5, 5.41) is 5.89.